The molecule has 0 aromatic carbocycles. The van der Waals surface area contributed by atoms with Gasteiger partial charge in [0.25, 0.3) is 0 Å². The number of hydrogen-bond acceptors (Lipinski definition) is 2. The Bertz CT molecular complexity index is 464. The molecule has 1 heterocycles. The molecular weight excluding hydrogens is 338 g/mol. The summed E-state index contributed by atoms with van der Waals surface area (Å²) in [6.07, 6.45) is 10.4. The molecule has 1 aromatic heterocycles. The molecule has 20 heavy (non-hydrogen) atoms. The fraction of sp³-hybridized carbons (Fsp3) is 0.562. The lowest BCUT2D eigenvalue weighted by atomic mass is 9.83. The molecule has 110 valence electrons. The van der Waals surface area contributed by atoms with Crippen LogP contribution in [0.5, 0.6) is 5.75 Å². The Balaban J connectivity index is 1.64. The number of pyridine rings is 1. The molecule has 0 spiro atoms. The molecule has 1 saturated carbocycles. The van der Waals surface area contributed by atoms with Crippen molar-refractivity contribution in [1.29, 1.82) is 0 Å². The van der Waals surface area contributed by atoms with E-state index in [0.29, 0.717) is 5.15 Å². The highest BCUT2D eigenvalue weighted by Crippen LogP contribution is 2.31. The van der Waals surface area contributed by atoms with E-state index in [-0.39, 0.29) is 0 Å². The van der Waals surface area contributed by atoms with Gasteiger partial charge in [0.05, 0.1) is 11.1 Å². The van der Waals surface area contributed by atoms with Crippen molar-refractivity contribution in [2.45, 2.75) is 44.9 Å². The van der Waals surface area contributed by atoms with Gasteiger partial charge in [0.2, 0.25) is 0 Å². The number of halogens is 2. The molecule has 0 N–H and O–H groups in total. The van der Waals surface area contributed by atoms with Crippen LogP contribution in [0, 0.1) is 5.92 Å². The summed E-state index contributed by atoms with van der Waals surface area (Å²) >= 11 is 9.26. The first-order chi connectivity index (χ1) is 9.65. The van der Waals surface area contributed by atoms with Crippen LogP contribution in [0.4, 0.5) is 0 Å². The molecule has 1 unspecified atom stereocenters. The van der Waals surface area contributed by atoms with E-state index in [9.17, 15) is 0 Å². The summed E-state index contributed by atoms with van der Waals surface area (Å²) in [7, 11) is 0. The van der Waals surface area contributed by atoms with Crippen LogP contribution in [0.2, 0.25) is 5.15 Å². The van der Waals surface area contributed by atoms with Crippen LogP contribution >= 0.6 is 27.5 Å². The summed E-state index contributed by atoms with van der Waals surface area (Å²) in [6.45, 7) is 4.85. The normalized spacial score (nSPS) is 19.1. The largest absolute Gasteiger partial charge is 0.492 e. The lowest BCUT2D eigenvalue weighted by Crippen LogP contribution is -2.08. The topological polar surface area (TPSA) is 22.1 Å². The summed E-state index contributed by atoms with van der Waals surface area (Å²) in [5, 5.41) is 0.462. The third-order valence-electron chi connectivity index (χ3n) is 3.77. The van der Waals surface area contributed by atoms with E-state index < -0.39 is 0 Å². The van der Waals surface area contributed by atoms with Gasteiger partial charge in [-0.05, 0) is 60.4 Å². The van der Waals surface area contributed by atoms with E-state index in [1.165, 1.54) is 44.1 Å². The number of unbranched alkanes of at least 4 members (excludes halogenated alkanes) is 1. The third kappa shape index (κ3) is 5.10. The van der Waals surface area contributed by atoms with Crippen LogP contribution < -0.4 is 4.74 Å². The second-order valence-electron chi connectivity index (χ2n) is 5.49. The van der Waals surface area contributed by atoms with Crippen molar-refractivity contribution in [3.8, 4) is 5.75 Å². The summed E-state index contributed by atoms with van der Waals surface area (Å²) in [6, 6.07) is 1.75. The molecule has 1 aliphatic rings. The first-order valence-corrected chi connectivity index (χ1v) is 8.42. The standard InChI is InChI=1S/C16H21BrClNO/c1-12-5-4-7-13(9-12)6-2-3-8-20-15-10-16(18)19-11-14(15)17/h10-11,13H,1-9H2. The van der Waals surface area contributed by atoms with Gasteiger partial charge in [0.1, 0.15) is 10.9 Å². The van der Waals surface area contributed by atoms with Crippen molar-refractivity contribution in [1.82, 2.24) is 4.98 Å². The number of aromatic nitrogens is 1. The fourth-order valence-corrected chi connectivity index (χ4v) is 3.20. The van der Waals surface area contributed by atoms with Gasteiger partial charge in [-0.3, -0.25) is 0 Å². The molecule has 0 saturated heterocycles. The Morgan fingerprint density at radius 2 is 2.30 bits per heavy atom. The highest BCUT2D eigenvalue weighted by atomic mass is 79.9. The number of ether oxygens (including phenoxy) is 1. The maximum Gasteiger partial charge on any atom is 0.138 e. The van der Waals surface area contributed by atoms with Gasteiger partial charge >= 0.3 is 0 Å². The lowest BCUT2D eigenvalue weighted by molar-refractivity contribution is 0.291. The number of hydrogen-bond donors (Lipinski definition) is 0. The van der Waals surface area contributed by atoms with Crippen molar-refractivity contribution in [2.75, 3.05) is 6.61 Å². The number of allylic oxidation sites excluding steroid dienone is 1. The Morgan fingerprint density at radius 3 is 3.10 bits per heavy atom. The van der Waals surface area contributed by atoms with Gasteiger partial charge in [-0.25, -0.2) is 4.98 Å². The van der Waals surface area contributed by atoms with Gasteiger partial charge in [0.15, 0.2) is 0 Å². The van der Waals surface area contributed by atoms with Crippen LogP contribution in [-0.2, 0) is 0 Å². The minimum absolute atomic E-state index is 0.462. The Labute approximate surface area is 134 Å². The second-order valence-corrected chi connectivity index (χ2v) is 6.74. The average Bonchev–Trinajstić information content (AvgIpc) is 2.42. The summed E-state index contributed by atoms with van der Waals surface area (Å²) < 4.78 is 6.59. The molecule has 0 amide bonds. The molecule has 0 aliphatic heterocycles. The zero-order valence-corrected chi connectivity index (χ0v) is 14.0. The van der Waals surface area contributed by atoms with Crippen LogP contribution in [0.1, 0.15) is 44.9 Å². The molecule has 0 bridgehead atoms. The van der Waals surface area contributed by atoms with Gasteiger partial charge in [-0.1, -0.05) is 30.2 Å². The molecule has 1 aromatic rings. The van der Waals surface area contributed by atoms with Crippen molar-refractivity contribution in [3.63, 3.8) is 0 Å². The predicted molar refractivity (Wildman–Crippen MR) is 87.4 cm³/mol. The molecule has 1 fully saturated rings. The molecule has 1 atom stereocenters. The quantitative estimate of drug-likeness (QED) is 0.364. The zero-order valence-electron chi connectivity index (χ0n) is 11.7. The van der Waals surface area contributed by atoms with Crippen molar-refractivity contribution in [3.05, 3.63) is 34.0 Å². The van der Waals surface area contributed by atoms with Crippen molar-refractivity contribution < 1.29 is 4.74 Å². The van der Waals surface area contributed by atoms with Gasteiger partial charge in [0, 0.05) is 12.3 Å². The first-order valence-electron chi connectivity index (χ1n) is 7.25. The van der Waals surface area contributed by atoms with Crippen molar-refractivity contribution >= 4 is 27.5 Å². The Hall–Kier alpha value is -0.540. The SMILES string of the molecule is C=C1CCCC(CCCCOc2cc(Cl)ncc2Br)C1. The molecule has 4 heteroatoms. The summed E-state index contributed by atoms with van der Waals surface area (Å²) in [4.78, 5) is 3.98. The van der Waals surface area contributed by atoms with Crippen LogP contribution in [0.15, 0.2) is 28.9 Å². The molecule has 2 nitrogen and oxygen atoms in total. The minimum atomic E-state index is 0.462. The third-order valence-corrected chi connectivity index (χ3v) is 4.57. The van der Waals surface area contributed by atoms with E-state index in [1.807, 2.05) is 0 Å². The van der Waals surface area contributed by atoms with Gasteiger partial charge < -0.3 is 4.74 Å². The smallest absolute Gasteiger partial charge is 0.138 e. The monoisotopic (exact) mass is 357 g/mol. The van der Waals surface area contributed by atoms with E-state index in [0.717, 1.165) is 29.2 Å². The maximum absolute atomic E-state index is 5.85. The lowest BCUT2D eigenvalue weighted by Gasteiger charge is -2.23. The molecule has 1 aliphatic carbocycles. The summed E-state index contributed by atoms with van der Waals surface area (Å²) in [5.41, 5.74) is 1.44. The van der Waals surface area contributed by atoms with Crippen LogP contribution in [0.3, 0.4) is 0 Å². The number of nitrogens with zero attached hydrogens (tertiary/aromatic N) is 1. The first kappa shape index (κ1) is 15.8. The maximum atomic E-state index is 5.85. The Morgan fingerprint density at radius 1 is 1.45 bits per heavy atom. The molecule has 0 radical (unpaired) electrons. The second kappa shape index (κ2) is 8.04. The molecular formula is C16H21BrClNO. The number of rotatable bonds is 6. The van der Waals surface area contributed by atoms with Gasteiger partial charge in [-0.2, -0.15) is 0 Å². The highest BCUT2D eigenvalue weighted by molar-refractivity contribution is 9.10. The fourth-order valence-electron chi connectivity index (χ4n) is 2.72. The Kier molecular flexibility index (Phi) is 6.37. The molecule has 2 rings (SSSR count). The predicted octanol–water partition coefficient (Wildman–Crippen LogP) is 5.79. The van der Waals surface area contributed by atoms with E-state index in [1.54, 1.807) is 12.3 Å². The van der Waals surface area contributed by atoms with Crippen molar-refractivity contribution in [2.24, 2.45) is 5.92 Å². The zero-order chi connectivity index (χ0) is 14.4. The average molecular weight is 359 g/mol. The highest BCUT2D eigenvalue weighted by Gasteiger charge is 2.15. The van der Waals surface area contributed by atoms with Crippen LogP contribution in [-0.4, -0.2) is 11.6 Å². The van der Waals surface area contributed by atoms with E-state index in [4.69, 9.17) is 16.3 Å². The van der Waals surface area contributed by atoms with Crippen LogP contribution in [0.25, 0.3) is 0 Å². The summed E-state index contributed by atoms with van der Waals surface area (Å²) in [5.74, 6) is 1.62. The minimum Gasteiger partial charge on any atom is -0.492 e. The van der Waals surface area contributed by atoms with E-state index in [2.05, 4.69) is 27.5 Å². The van der Waals surface area contributed by atoms with Gasteiger partial charge in [-0.15, -0.1) is 0 Å². The van der Waals surface area contributed by atoms with E-state index >= 15 is 0 Å².